The highest BCUT2D eigenvalue weighted by atomic mass is 16.5. The molecule has 2 fully saturated rings. The van der Waals surface area contributed by atoms with Gasteiger partial charge in [0.1, 0.15) is 6.04 Å². The van der Waals surface area contributed by atoms with Gasteiger partial charge in [-0.25, -0.2) is 0 Å². The number of nitrogens with one attached hydrogen (secondary N) is 2. The molecule has 1 aromatic carbocycles. The molecule has 1 aromatic rings. The molecule has 0 bridgehead atoms. The van der Waals surface area contributed by atoms with Gasteiger partial charge in [0.05, 0.1) is 17.7 Å². The van der Waals surface area contributed by atoms with Crippen LogP contribution in [0.5, 0.6) is 0 Å². The lowest BCUT2D eigenvalue weighted by atomic mass is 9.80. The number of carbonyl (C=O) groups is 4. The Hall–Kier alpha value is -2.78. The summed E-state index contributed by atoms with van der Waals surface area (Å²) >= 11 is 0. The fraction of sp³-hybridized carbons (Fsp3) is 0.583. The van der Waals surface area contributed by atoms with Crippen LogP contribution in [0, 0.1) is 11.8 Å². The predicted octanol–water partition coefficient (Wildman–Crippen LogP) is 1.67. The minimum atomic E-state index is -0.968. The fourth-order valence-corrected chi connectivity index (χ4v) is 5.15. The van der Waals surface area contributed by atoms with Crippen LogP contribution in [0.1, 0.15) is 65.7 Å². The van der Waals surface area contributed by atoms with Gasteiger partial charge in [0, 0.05) is 25.3 Å². The molecule has 3 aliphatic rings. The van der Waals surface area contributed by atoms with Crippen molar-refractivity contribution in [2.75, 3.05) is 31.6 Å². The van der Waals surface area contributed by atoms with Crippen molar-refractivity contribution in [1.82, 2.24) is 10.2 Å². The summed E-state index contributed by atoms with van der Waals surface area (Å²) in [6, 6.07) is 4.07. The summed E-state index contributed by atoms with van der Waals surface area (Å²) in [4.78, 5) is 50.6. The van der Waals surface area contributed by atoms with Crippen molar-refractivity contribution in [3.8, 4) is 0 Å². The first-order chi connectivity index (χ1) is 16.0. The topological polar surface area (TPSA) is 131 Å². The Kier molecular flexibility index (Phi) is 7.39. The Morgan fingerprint density at radius 1 is 1.06 bits per heavy atom. The monoisotopic (exact) mass is 456 g/mol. The van der Waals surface area contributed by atoms with Crippen LogP contribution in [0.25, 0.3) is 0 Å². The number of carbonyl (C=O) groups excluding carboxylic acids is 4. The average Bonchev–Trinajstić information content (AvgIpc) is 3.07. The van der Waals surface area contributed by atoms with Crippen molar-refractivity contribution >= 4 is 29.3 Å². The van der Waals surface area contributed by atoms with E-state index in [1.807, 2.05) is 0 Å². The van der Waals surface area contributed by atoms with Gasteiger partial charge in [0.25, 0.3) is 11.8 Å². The van der Waals surface area contributed by atoms with Crippen LogP contribution < -0.4 is 16.4 Å². The highest BCUT2D eigenvalue weighted by Gasteiger charge is 2.45. The second kappa shape index (κ2) is 10.4. The van der Waals surface area contributed by atoms with E-state index in [9.17, 15) is 19.2 Å². The highest BCUT2D eigenvalue weighted by Crippen LogP contribution is 2.32. The van der Waals surface area contributed by atoms with Gasteiger partial charge in [-0.15, -0.1) is 0 Å². The van der Waals surface area contributed by atoms with Crippen LogP contribution in [0.15, 0.2) is 18.2 Å². The van der Waals surface area contributed by atoms with E-state index in [4.69, 9.17) is 10.5 Å². The third kappa shape index (κ3) is 5.09. The van der Waals surface area contributed by atoms with Gasteiger partial charge >= 0.3 is 0 Å². The second-order valence-electron chi connectivity index (χ2n) is 9.14. The van der Waals surface area contributed by atoms with Gasteiger partial charge in [-0.3, -0.25) is 29.4 Å². The Labute approximate surface area is 193 Å². The Bertz CT molecular complexity index is 933. The maximum absolute atomic E-state index is 13.1. The van der Waals surface area contributed by atoms with E-state index in [2.05, 4.69) is 10.6 Å². The summed E-state index contributed by atoms with van der Waals surface area (Å²) in [6.45, 7) is 2.43. The zero-order valence-corrected chi connectivity index (χ0v) is 18.8. The molecule has 4 rings (SSSR count). The molecule has 1 aliphatic carbocycles. The number of rotatable bonds is 9. The first kappa shape index (κ1) is 23.4. The quantitative estimate of drug-likeness (QED) is 0.380. The van der Waals surface area contributed by atoms with Crippen molar-refractivity contribution in [1.29, 1.82) is 0 Å². The predicted molar refractivity (Wildman–Crippen MR) is 122 cm³/mol. The Balaban J connectivity index is 1.29. The molecular formula is C24H32N4O5. The largest absolute Gasteiger partial charge is 0.382 e. The van der Waals surface area contributed by atoms with Crippen LogP contribution in [0.4, 0.5) is 5.69 Å². The van der Waals surface area contributed by atoms with E-state index >= 15 is 0 Å². The van der Waals surface area contributed by atoms with E-state index in [-0.39, 0.29) is 24.0 Å². The molecule has 4 amide bonds. The smallest absolute Gasteiger partial charge is 0.264 e. The van der Waals surface area contributed by atoms with Gasteiger partial charge in [-0.1, -0.05) is 18.9 Å². The molecule has 0 aromatic heterocycles. The molecule has 9 nitrogen and oxygen atoms in total. The lowest BCUT2D eigenvalue weighted by Gasteiger charge is -2.28. The molecule has 9 heteroatoms. The molecule has 2 heterocycles. The van der Waals surface area contributed by atoms with Crippen LogP contribution in [-0.4, -0.2) is 60.9 Å². The van der Waals surface area contributed by atoms with Crippen molar-refractivity contribution in [3.63, 3.8) is 0 Å². The first-order valence-electron chi connectivity index (χ1n) is 11.9. The summed E-state index contributed by atoms with van der Waals surface area (Å²) in [5.74, 6) is -0.699. The average molecular weight is 457 g/mol. The number of hydrogen-bond acceptors (Lipinski definition) is 7. The molecule has 2 aliphatic heterocycles. The second-order valence-corrected chi connectivity index (χ2v) is 9.14. The molecular weight excluding hydrogens is 424 g/mol. The number of ether oxygens (including phenoxy) is 1. The Morgan fingerprint density at radius 3 is 2.67 bits per heavy atom. The lowest BCUT2D eigenvalue weighted by molar-refractivity contribution is -0.136. The molecule has 33 heavy (non-hydrogen) atoms. The van der Waals surface area contributed by atoms with Crippen LogP contribution in [-0.2, 0) is 14.3 Å². The van der Waals surface area contributed by atoms with E-state index in [0.717, 1.165) is 17.9 Å². The molecule has 3 atom stereocenters. The van der Waals surface area contributed by atoms with E-state index in [1.54, 1.807) is 18.2 Å². The summed E-state index contributed by atoms with van der Waals surface area (Å²) < 4.78 is 5.79. The van der Waals surface area contributed by atoms with Gasteiger partial charge in [-0.2, -0.15) is 0 Å². The van der Waals surface area contributed by atoms with Crippen molar-refractivity contribution in [3.05, 3.63) is 29.3 Å². The third-order valence-electron chi connectivity index (χ3n) is 6.93. The number of imide groups is 2. The molecule has 1 saturated heterocycles. The number of nitrogens with two attached hydrogens (primary N) is 1. The maximum atomic E-state index is 13.1. The van der Waals surface area contributed by atoms with Gasteiger partial charge in [0.15, 0.2) is 0 Å². The number of piperidine rings is 1. The normalized spacial score (nSPS) is 25.2. The number of nitrogens with zero attached hydrogens (tertiary/aromatic N) is 1. The molecule has 1 saturated carbocycles. The third-order valence-corrected chi connectivity index (χ3v) is 6.93. The van der Waals surface area contributed by atoms with Crippen molar-refractivity contribution in [2.45, 2.75) is 51.0 Å². The minimum Gasteiger partial charge on any atom is -0.382 e. The van der Waals surface area contributed by atoms with E-state index in [1.165, 1.54) is 25.7 Å². The van der Waals surface area contributed by atoms with Crippen LogP contribution in [0.3, 0.4) is 0 Å². The summed E-state index contributed by atoms with van der Waals surface area (Å²) in [5.41, 5.74) is 6.89. The summed E-state index contributed by atoms with van der Waals surface area (Å²) in [6.07, 6.45) is 6.18. The number of benzene rings is 1. The molecule has 0 radical (unpaired) electrons. The van der Waals surface area contributed by atoms with Crippen molar-refractivity contribution in [2.24, 2.45) is 17.6 Å². The SMILES string of the molecule is NCC1CCCC(CCOCCNc2cccc3c2C(=O)N(C2CCC(=O)NC2=O)C3=O)C1. The number of anilines is 1. The van der Waals surface area contributed by atoms with Gasteiger partial charge in [0.2, 0.25) is 11.8 Å². The molecule has 0 spiro atoms. The van der Waals surface area contributed by atoms with Crippen LogP contribution >= 0.6 is 0 Å². The standard InChI is InChI=1S/C24H32N4O5/c25-14-16-4-1-3-15(13-16)9-11-33-12-10-26-18-6-2-5-17-21(18)24(32)28(23(17)31)19-7-8-20(29)27-22(19)30/h2,5-6,15-16,19,26H,1,3-4,7-14,25H2,(H,27,29,30). The minimum absolute atomic E-state index is 0.0972. The van der Waals surface area contributed by atoms with Crippen LogP contribution in [0.2, 0.25) is 0 Å². The number of hydrogen-bond donors (Lipinski definition) is 3. The van der Waals surface area contributed by atoms with E-state index < -0.39 is 29.7 Å². The molecule has 178 valence electrons. The Morgan fingerprint density at radius 2 is 1.88 bits per heavy atom. The summed E-state index contributed by atoms with van der Waals surface area (Å²) in [7, 11) is 0. The molecule has 4 N–H and O–H groups in total. The lowest BCUT2D eigenvalue weighted by Crippen LogP contribution is -2.54. The summed E-state index contributed by atoms with van der Waals surface area (Å²) in [5, 5.41) is 5.41. The van der Waals surface area contributed by atoms with Gasteiger partial charge < -0.3 is 15.8 Å². The molecule has 3 unspecified atom stereocenters. The highest BCUT2D eigenvalue weighted by molar-refractivity contribution is 6.25. The zero-order valence-electron chi connectivity index (χ0n) is 18.8. The zero-order chi connectivity index (χ0) is 23.4. The van der Waals surface area contributed by atoms with Gasteiger partial charge in [-0.05, 0) is 56.2 Å². The fourth-order valence-electron chi connectivity index (χ4n) is 5.15. The van der Waals surface area contributed by atoms with Crippen molar-refractivity contribution < 1.29 is 23.9 Å². The number of amides is 4. The first-order valence-corrected chi connectivity index (χ1v) is 11.9. The number of fused-ring (bicyclic) bond motifs is 1. The maximum Gasteiger partial charge on any atom is 0.264 e. The van der Waals surface area contributed by atoms with E-state index in [0.29, 0.717) is 37.3 Å².